The van der Waals surface area contributed by atoms with Gasteiger partial charge in [-0.1, -0.05) is 53.7 Å². The number of fused-ring (bicyclic) bond motifs is 3. The Hall–Kier alpha value is -6.12. The number of benzene rings is 3. The number of aryl methyl sites for hydroxylation is 1. The van der Waals surface area contributed by atoms with Crippen molar-refractivity contribution < 1.29 is 23.9 Å². The minimum atomic E-state index is -0.906. The Balaban J connectivity index is 1.23. The van der Waals surface area contributed by atoms with E-state index < -0.39 is 11.9 Å². The fraction of sp³-hybridized carbons (Fsp3) is 0.314. The van der Waals surface area contributed by atoms with Crippen LogP contribution >= 0.6 is 0 Å². The number of hydrogen-bond acceptors (Lipinski definition) is 10. The average molecular weight is 679 g/mol. The minimum Gasteiger partial charge on any atom is -0.493 e. The van der Waals surface area contributed by atoms with Crippen molar-refractivity contribution in [1.82, 2.24) is 50.7 Å². The maximum absolute atomic E-state index is 13.8. The highest BCUT2D eigenvalue weighted by Gasteiger charge is 2.26. The van der Waals surface area contributed by atoms with Crippen LogP contribution in [0.3, 0.4) is 0 Å². The van der Waals surface area contributed by atoms with Crippen molar-refractivity contribution in [3.05, 3.63) is 113 Å². The number of amides is 3. The Kier molecular flexibility index (Phi) is 11.0. The van der Waals surface area contributed by atoms with Gasteiger partial charge in [-0.15, -0.1) is 10.2 Å². The predicted octanol–water partition coefficient (Wildman–Crippen LogP) is 1.95. The van der Waals surface area contributed by atoms with E-state index in [-0.39, 0.29) is 43.5 Å². The molecule has 0 fully saturated rings. The average Bonchev–Trinajstić information content (AvgIpc) is 3.83. The lowest BCUT2D eigenvalue weighted by Crippen LogP contribution is -2.50. The molecule has 2 N–H and O–H groups in total. The summed E-state index contributed by atoms with van der Waals surface area (Å²) in [5.74, 6) is -0.353. The number of aromatic nitrogens is 7. The summed E-state index contributed by atoms with van der Waals surface area (Å²) in [6, 6.07) is 20.9. The molecule has 0 saturated heterocycles. The van der Waals surface area contributed by atoms with Gasteiger partial charge in [0.25, 0.3) is 11.8 Å². The Labute approximate surface area is 288 Å². The first kappa shape index (κ1) is 33.8. The topological polar surface area (TPSA) is 171 Å². The predicted molar refractivity (Wildman–Crippen MR) is 181 cm³/mol. The monoisotopic (exact) mass is 678 g/mol. The van der Waals surface area contributed by atoms with Crippen LogP contribution in [-0.2, 0) is 30.7 Å². The molecule has 0 aliphatic carbocycles. The number of methoxy groups -OCH3 is 1. The number of carbonyl (C=O) groups is 3. The first-order valence-corrected chi connectivity index (χ1v) is 16.4. The number of nitrogens with one attached hydrogen (secondary N) is 2. The van der Waals surface area contributed by atoms with Crippen molar-refractivity contribution in [3.63, 3.8) is 0 Å². The molecular weight excluding hydrogens is 640 g/mol. The lowest BCUT2D eigenvalue weighted by Gasteiger charge is -2.24. The fourth-order valence-electron chi connectivity index (χ4n) is 5.64. The zero-order valence-electron chi connectivity index (χ0n) is 27.6. The summed E-state index contributed by atoms with van der Waals surface area (Å²) in [6.45, 7) is 2.01. The third kappa shape index (κ3) is 8.66. The van der Waals surface area contributed by atoms with E-state index in [1.165, 1.54) is 13.4 Å². The van der Waals surface area contributed by atoms with Gasteiger partial charge in [0.15, 0.2) is 11.5 Å². The summed E-state index contributed by atoms with van der Waals surface area (Å²) in [4.78, 5) is 42.9. The molecular formula is C35H38N10O5. The van der Waals surface area contributed by atoms with Gasteiger partial charge in [-0.3, -0.25) is 19.1 Å². The number of hydrogen-bond donors (Lipinski definition) is 2. The largest absolute Gasteiger partial charge is 0.493 e. The molecule has 2 bridgehead atoms. The zero-order valence-corrected chi connectivity index (χ0v) is 27.6. The highest BCUT2D eigenvalue weighted by molar-refractivity contribution is 6.00. The highest BCUT2D eigenvalue weighted by Crippen LogP contribution is 2.31. The smallest absolute Gasteiger partial charge is 0.255 e. The molecule has 1 aliphatic rings. The van der Waals surface area contributed by atoms with Gasteiger partial charge >= 0.3 is 0 Å². The molecule has 0 spiro atoms. The second kappa shape index (κ2) is 16.3. The maximum Gasteiger partial charge on any atom is 0.255 e. The van der Waals surface area contributed by atoms with Gasteiger partial charge in [-0.25, -0.2) is 4.68 Å². The van der Waals surface area contributed by atoms with E-state index in [0.29, 0.717) is 49.5 Å². The molecule has 3 heterocycles. The molecule has 3 amide bonds. The molecule has 15 heteroatoms. The number of tetrazole rings is 1. The van der Waals surface area contributed by atoms with Gasteiger partial charge in [0, 0.05) is 57.2 Å². The standard InChI is InChI=1S/C35H38N10O5/c1-49-31-10-5-9-29-32(31)50-20-6-17-44-23-28(39-41-44)15-18-43(35(48)27-13-11-26(12-14-27)22-45-24-37-40-42-45)19-16-36-34(47)30(38-33(29)46)21-25-7-3-2-4-8-25/h2-5,7-14,23-24,30H,6,15-22H2,1H3,(H,36,47)(H,38,46)/t30-/m0/s1. The van der Waals surface area contributed by atoms with Crippen LogP contribution in [0, 0.1) is 0 Å². The first-order chi connectivity index (χ1) is 24.5. The SMILES string of the molecule is COc1cccc2c1OCCCn1cc(nn1)CCN(C(=O)c1ccc(Cn3cnnn3)cc1)CCNC(=O)[C@H](Cc1ccccc1)NC2=O. The summed E-state index contributed by atoms with van der Waals surface area (Å²) in [7, 11) is 1.51. The lowest BCUT2D eigenvalue weighted by atomic mass is 10.0. The lowest BCUT2D eigenvalue weighted by molar-refractivity contribution is -0.123. The molecule has 2 aromatic heterocycles. The molecule has 1 aliphatic heterocycles. The summed E-state index contributed by atoms with van der Waals surface area (Å²) in [5.41, 5.74) is 3.29. The normalized spacial score (nSPS) is 16.1. The number of carbonyl (C=O) groups excluding carboxylic acids is 3. The van der Waals surface area contributed by atoms with Gasteiger partial charge in [0.1, 0.15) is 12.4 Å². The summed E-state index contributed by atoms with van der Waals surface area (Å²) in [5, 5.41) is 25.6. The fourth-order valence-corrected chi connectivity index (χ4v) is 5.64. The first-order valence-electron chi connectivity index (χ1n) is 16.4. The molecule has 50 heavy (non-hydrogen) atoms. The molecule has 5 aromatic rings. The van der Waals surface area contributed by atoms with E-state index >= 15 is 0 Å². The second-order valence-electron chi connectivity index (χ2n) is 11.8. The Bertz CT molecular complexity index is 1880. The maximum atomic E-state index is 13.8. The van der Waals surface area contributed by atoms with Crippen molar-refractivity contribution in [2.24, 2.45) is 0 Å². The van der Waals surface area contributed by atoms with Crippen molar-refractivity contribution in [2.75, 3.05) is 33.4 Å². The van der Waals surface area contributed by atoms with Crippen molar-refractivity contribution in [2.45, 2.75) is 38.4 Å². The van der Waals surface area contributed by atoms with E-state index in [2.05, 4.69) is 36.5 Å². The minimum absolute atomic E-state index is 0.156. The van der Waals surface area contributed by atoms with Crippen molar-refractivity contribution >= 4 is 17.7 Å². The van der Waals surface area contributed by atoms with Crippen LogP contribution in [0.4, 0.5) is 0 Å². The van der Waals surface area contributed by atoms with Crippen LogP contribution in [-0.4, -0.2) is 97.2 Å². The van der Waals surface area contributed by atoms with E-state index in [4.69, 9.17) is 9.47 Å². The molecule has 6 rings (SSSR count). The zero-order chi connectivity index (χ0) is 34.7. The van der Waals surface area contributed by atoms with Crippen LogP contribution in [0.15, 0.2) is 85.3 Å². The summed E-state index contributed by atoms with van der Waals surface area (Å²) >= 11 is 0. The Morgan fingerprint density at radius 1 is 0.960 bits per heavy atom. The third-order valence-corrected chi connectivity index (χ3v) is 8.25. The molecule has 0 saturated carbocycles. The van der Waals surface area contributed by atoms with E-state index in [9.17, 15) is 14.4 Å². The van der Waals surface area contributed by atoms with E-state index in [1.807, 2.05) is 48.7 Å². The molecule has 1 atom stereocenters. The molecule has 258 valence electrons. The number of ether oxygens (including phenoxy) is 2. The Morgan fingerprint density at radius 2 is 1.80 bits per heavy atom. The quantitative estimate of drug-likeness (QED) is 0.271. The number of rotatable bonds is 6. The van der Waals surface area contributed by atoms with E-state index in [0.717, 1.165) is 16.8 Å². The van der Waals surface area contributed by atoms with Crippen LogP contribution < -0.4 is 20.1 Å². The van der Waals surface area contributed by atoms with Gasteiger partial charge < -0.3 is 25.0 Å². The van der Waals surface area contributed by atoms with Gasteiger partial charge in [-0.2, -0.15) is 0 Å². The van der Waals surface area contributed by atoms with E-state index in [1.54, 1.807) is 44.6 Å². The number of para-hydroxylation sites is 1. The summed E-state index contributed by atoms with van der Waals surface area (Å²) in [6.07, 6.45) is 4.67. The Morgan fingerprint density at radius 3 is 2.58 bits per heavy atom. The van der Waals surface area contributed by atoms with Crippen LogP contribution in [0.2, 0.25) is 0 Å². The second-order valence-corrected chi connectivity index (χ2v) is 11.8. The van der Waals surface area contributed by atoms with Gasteiger partial charge in [0.05, 0.1) is 31.5 Å². The van der Waals surface area contributed by atoms with Crippen LogP contribution in [0.25, 0.3) is 0 Å². The van der Waals surface area contributed by atoms with Crippen LogP contribution in [0.1, 0.15) is 44.0 Å². The molecule has 3 aromatic carbocycles. The molecule has 0 unspecified atom stereocenters. The highest BCUT2D eigenvalue weighted by atomic mass is 16.5. The van der Waals surface area contributed by atoms with Crippen molar-refractivity contribution in [3.8, 4) is 11.5 Å². The van der Waals surface area contributed by atoms with Crippen LogP contribution in [0.5, 0.6) is 11.5 Å². The summed E-state index contributed by atoms with van der Waals surface area (Å²) < 4.78 is 14.9. The van der Waals surface area contributed by atoms with Gasteiger partial charge in [-0.05, 0) is 45.8 Å². The molecule has 15 nitrogen and oxygen atoms in total. The number of nitrogens with zero attached hydrogens (tertiary/aromatic N) is 8. The van der Waals surface area contributed by atoms with Gasteiger partial charge in [0.2, 0.25) is 5.91 Å². The van der Waals surface area contributed by atoms with Crippen molar-refractivity contribution in [1.29, 1.82) is 0 Å². The third-order valence-electron chi connectivity index (χ3n) is 8.25. The molecule has 0 radical (unpaired) electrons.